The van der Waals surface area contributed by atoms with Crippen molar-refractivity contribution in [3.8, 4) is 0 Å². The Bertz CT molecular complexity index is 435. The van der Waals surface area contributed by atoms with Gasteiger partial charge in [-0.2, -0.15) is 0 Å². The van der Waals surface area contributed by atoms with Crippen molar-refractivity contribution in [2.45, 2.75) is 64.0 Å². The molecule has 0 aromatic heterocycles. The van der Waals surface area contributed by atoms with Crippen LogP contribution in [-0.2, 0) is 6.42 Å². The van der Waals surface area contributed by atoms with Crippen LogP contribution in [0.1, 0.15) is 62.6 Å². The number of hydrogen-bond acceptors (Lipinski definition) is 2. The summed E-state index contributed by atoms with van der Waals surface area (Å²) < 4.78 is 0. The number of likely N-dealkylation sites (tertiary alicyclic amines) is 1. The largest absolute Gasteiger partial charge is 0.309 e. The van der Waals surface area contributed by atoms with Gasteiger partial charge in [0.05, 0.1) is 0 Å². The minimum atomic E-state index is 0.520. The molecule has 0 bridgehead atoms. The third-order valence-corrected chi connectivity index (χ3v) is 5.25. The Hall–Kier alpha value is -0.860. The van der Waals surface area contributed by atoms with Crippen LogP contribution >= 0.6 is 0 Å². The van der Waals surface area contributed by atoms with Crippen LogP contribution in [0.2, 0.25) is 0 Å². The summed E-state index contributed by atoms with van der Waals surface area (Å²) in [5.41, 5.74) is 3.13. The van der Waals surface area contributed by atoms with Crippen molar-refractivity contribution in [1.29, 1.82) is 0 Å². The maximum Gasteiger partial charge on any atom is 0.0480 e. The van der Waals surface area contributed by atoms with Crippen molar-refractivity contribution in [2.24, 2.45) is 0 Å². The number of aryl methyl sites for hydroxylation is 1. The van der Waals surface area contributed by atoms with E-state index in [1.54, 1.807) is 11.1 Å². The zero-order valence-corrected chi connectivity index (χ0v) is 13.5. The van der Waals surface area contributed by atoms with Crippen molar-refractivity contribution in [3.05, 3.63) is 35.4 Å². The molecular weight excluding hydrogens is 256 g/mol. The molecule has 2 heteroatoms. The molecule has 116 valence electrons. The van der Waals surface area contributed by atoms with E-state index in [0.717, 1.165) is 6.54 Å². The Morgan fingerprint density at radius 1 is 1.05 bits per heavy atom. The SMILES string of the molecule is CCNC1c2ccccc2CCCC1N1CCCCCC1. The maximum atomic E-state index is 3.81. The molecule has 0 spiro atoms. The Morgan fingerprint density at radius 2 is 1.81 bits per heavy atom. The molecule has 2 atom stereocenters. The zero-order chi connectivity index (χ0) is 14.5. The van der Waals surface area contributed by atoms with Crippen molar-refractivity contribution < 1.29 is 0 Å². The molecule has 0 saturated carbocycles. The topological polar surface area (TPSA) is 15.3 Å². The summed E-state index contributed by atoms with van der Waals surface area (Å²) in [4.78, 5) is 2.79. The van der Waals surface area contributed by atoms with Crippen LogP contribution in [0.5, 0.6) is 0 Å². The van der Waals surface area contributed by atoms with E-state index in [4.69, 9.17) is 0 Å². The molecule has 1 aliphatic heterocycles. The minimum Gasteiger partial charge on any atom is -0.309 e. The predicted molar refractivity (Wildman–Crippen MR) is 89.6 cm³/mol. The molecule has 2 aliphatic rings. The quantitative estimate of drug-likeness (QED) is 0.847. The lowest BCUT2D eigenvalue weighted by Gasteiger charge is -2.36. The number of fused-ring (bicyclic) bond motifs is 1. The van der Waals surface area contributed by atoms with Gasteiger partial charge in [0.2, 0.25) is 0 Å². The maximum absolute atomic E-state index is 3.81. The average Bonchev–Trinajstić information content (AvgIpc) is 2.87. The molecule has 1 fully saturated rings. The van der Waals surface area contributed by atoms with E-state index in [-0.39, 0.29) is 0 Å². The van der Waals surface area contributed by atoms with E-state index in [2.05, 4.69) is 41.4 Å². The third-order valence-electron chi connectivity index (χ3n) is 5.25. The number of rotatable bonds is 3. The average molecular weight is 286 g/mol. The van der Waals surface area contributed by atoms with Gasteiger partial charge in [-0.05, 0) is 62.9 Å². The molecule has 2 unspecified atom stereocenters. The lowest BCUT2D eigenvalue weighted by atomic mass is 9.94. The molecule has 1 saturated heterocycles. The number of likely N-dealkylation sites (N-methyl/N-ethyl adjacent to an activating group) is 1. The first-order valence-corrected chi connectivity index (χ1v) is 8.95. The molecule has 1 aliphatic carbocycles. The van der Waals surface area contributed by atoms with Crippen molar-refractivity contribution in [3.63, 3.8) is 0 Å². The second-order valence-electron chi connectivity index (χ2n) is 6.64. The van der Waals surface area contributed by atoms with Crippen LogP contribution in [0.25, 0.3) is 0 Å². The molecule has 1 heterocycles. The Labute approximate surface area is 129 Å². The molecule has 3 rings (SSSR count). The fraction of sp³-hybridized carbons (Fsp3) is 0.684. The monoisotopic (exact) mass is 286 g/mol. The number of hydrogen-bond donors (Lipinski definition) is 1. The van der Waals surface area contributed by atoms with Crippen LogP contribution in [0.3, 0.4) is 0 Å². The lowest BCUT2D eigenvalue weighted by Crippen LogP contribution is -2.45. The fourth-order valence-electron chi connectivity index (χ4n) is 4.23. The number of benzene rings is 1. The summed E-state index contributed by atoms with van der Waals surface area (Å²) in [5, 5.41) is 3.81. The lowest BCUT2D eigenvalue weighted by molar-refractivity contribution is 0.154. The smallest absolute Gasteiger partial charge is 0.0480 e. The van der Waals surface area contributed by atoms with E-state index in [9.17, 15) is 0 Å². The second-order valence-corrected chi connectivity index (χ2v) is 6.64. The standard InChI is InChI=1S/C19H30N2/c1-2-20-19-17-12-6-5-10-16(17)11-9-13-18(19)21-14-7-3-4-8-15-21/h5-6,10,12,18-20H,2-4,7-9,11,13-15H2,1H3. The van der Waals surface area contributed by atoms with Crippen LogP contribution < -0.4 is 5.32 Å². The molecular formula is C19H30N2. The molecule has 2 nitrogen and oxygen atoms in total. The Kier molecular flexibility index (Phi) is 5.32. The third kappa shape index (κ3) is 3.49. The normalized spacial score (nSPS) is 27.7. The van der Waals surface area contributed by atoms with Crippen molar-refractivity contribution in [2.75, 3.05) is 19.6 Å². The van der Waals surface area contributed by atoms with Gasteiger partial charge in [-0.3, -0.25) is 4.90 Å². The molecule has 21 heavy (non-hydrogen) atoms. The fourth-order valence-corrected chi connectivity index (χ4v) is 4.23. The Balaban J connectivity index is 1.87. The van der Waals surface area contributed by atoms with Gasteiger partial charge in [-0.25, -0.2) is 0 Å². The highest BCUT2D eigenvalue weighted by molar-refractivity contribution is 5.32. The van der Waals surface area contributed by atoms with Gasteiger partial charge in [-0.15, -0.1) is 0 Å². The number of nitrogens with zero attached hydrogens (tertiary/aromatic N) is 1. The van der Waals surface area contributed by atoms with Gasteiger partial charge in [0, 0.05) is 12.1 Å². The minimum absolute atomic E-state index is 0.520. The van der Waals surface area contributed by atoms with E-state index >= 15 is 0 Å². The van der Waals surface area contributed by atoms with E-state index in [1.807, 2.05) is 0 Å². The summed E-state index contributed by atoms with van der Waals surface area (Å²) in [6.45, 7) is 5.90. The van der Waals surface area contributed by atoms with Crippen molar-refractivity contribution >= 4 is 0 Å². The van der Waals surface area contributed by atoms with Gasteiger partial charge in [0.15, 0.2) is 0 Å². The molecule has 1 aromatic carbocycles. The van der Waals surface area contributed by atoms with Crippen LogP contribution in [0.15, 0.2) is 24.3 Å². The van der Waals surface area contributed by atoms with Crippen LogP contribution in [0, 0.1) is 0 Å². The molecule has 0 radical (unpaired) electrons. The zero-order valence-electron chi connectivity index (χ0n) is 13.5. The van der Waals surface area contributed by atoms with Crippen molar-refractivity contribution in [1.82, 2.24) is 10.2 Å². The highest BCUT2D eigenvalue weighted by Gasteiger charge is 2.31. The van der Waals surface area contributed by atoms with Gasteiger partial charge in [0.25, 0.3) is 0 Å². The molecule has 1 N–H and O–H groups in total. The summed E-state index contributed by atoms with van der Waals surface area (Å²) in [5.74, 6) is 0. The molecule has 0 amide bonds. The first kappa shape index (κ1) is 15.1. The summed E-state index contributed by atoms with van der Waals surface area (Å²) in [6, 6.07) is 10.3. The van der Waals surface area contributed by atoms with Gasteiger partial charge in [0.1, 0.15) is 0 Å². The van der Waals surface area contributed by atoms with E-state index in [0.29, 0.717) is 12.1 Å². The summed E-state index contributed by atoms with van der Waals surface area (Å²) >= 11 is 0. The molecule has 1 aromatic rings. The highest BCUT2D eigenvalue weighted by Crippen LogP contribution is 2.33. The summed E-state index contributed by atoms with van der Waals surface area (Å²) in [6.07, 6.45) is 9.54. The number of nitrogens with one attached hydrogen (secondary N) is 1. The van der Waals surface area contributed by atoms with Crippen LogP contribution in [-0.4, -0.2) is 30.6 Å². The highest BCUT2D eigenvalue weighted by atomic mass is 15.2. The predicted octanol–water partition coefficient (Wildman–Crippen LogP) is 3.92. The summed E-state index contributed by atoms with van der Waals surface area (Å²) in [7, 11) is 0. The first-order chi connectivity index (χ1) is 10.4. The van der Waals surface area contributed by atoms with Gasteiger partial charge < -0.3 is 5.32 Å². The first-order valence-electron chi connectivity index (χ1n) is 8.95. The second kappa shape index (κ2) is 7.42. The van der Waals surface area contributed by atoms with E-state index < -0.39 is 0 Å². The van der Waals surface area contributed by atoms with Gasteiger partial charge in [-0.1, -0.05) is 44.0 Å². The Morgan fingerprint density at radius 3 is 2.57 bits per heavy atom. The van der Waals surface area contributed by atoms with Crippen LogP contribution in [0.4, 0.5) is 0 Å². The van der Waals surface area contributed by atoms with Gasteiger partial charge >= 0.3 is 0 Å². The van der Waals surface area contributed by atoms with E-state index in [1.165, 1.54) is 58.0 Å².